The first-order valence-electron chi connectivity index (χ1n) is 7.75. The summed E-state index contributed by atoms with van der Waals surface area (Å²) in [5, 5.41) is 8.78. The van der Waals surface area contributed by atoms with Crippen LogP contribution in [0.2, 0.25) is 10.0 Å². The zero-order valence-electron chi connectivity index (χ0n) is 14.1. The molecule has 0 saturated carbocycles. The summed E-state index contributed by atoms with van der Waals surface area (Å²) in [5.41, 5.74) is 6.13. The van der Waals surface area contributed by atoms with Crippen LogP contribution in [0.4, 0.5) is 0 Å². The Balaban J connectivity index is 1.61. The molecular formula is C18H16Cl2N4O3. The van der Waals surface area contributed by atoms with Crippen molar-refractivity contribution in [1.82, 2.24) is 10.9 Å². The van der Waals surface area contributed by atoms with Crippen molar-refractivity contribution in [3.8, 4) is 0 Å². The van der Waals surface area contributed by atoms with Crippen molar-refractivity contribution in [1.29, 1.82) is 0 Å². The van der Waals surface area contributed by atoms with Crippen molar-refractivity contribution in [3.05, 3.63) is 69.7 Å². The van der Waals surface area contributed by atoms with Gasteiger partial charge in [0.1, 0.15) is 13.2 Å². The SMILES string of the molecule is O=C(COCC(=O)N/N=C/c1ccc(Cl)cc1)N/N=C/c1ccc(Cl)cc1. The van der Waals surface area contributed by atoms with Gasteiger partial charge in [0, 0.05) is 10.0 Å². The number of carbonyl (C=O) groups excluding carboxylic acids is 2. The van der Waals surface area contributed by atoms with E-state index in [4.69, 9.17) is 27.9 Å². The molecule has 140 valence electrons. The van der Waals surface area contributed by atoms with Crippen molar-refractivity contribution >= 4 is 47.4 Å². The van der Waals surface area contributed by atoms with Gasteiger partial charge in [-0.1, -0.05) is 47.5 Å². The van der Waals surface area contributed by atoms with Gasteiger partial charge in [0.2, 0.25) is 0 Å². The van der Waals surface area contributed by atoms with E-state index in [1.54, 1.807) is 48.5 Å². The number of nitrogens with one attached hydrogen (secondary N) is 2. The minimum absolute atomic E-state index is 0.313. The summed E-state index contributed by atoms with van der Waals surface area (Å²) >= 11 is 11.5. The van der Waals surface area contributed by atoms with Gasteiger partial charge in [-0.15, -0.1) is 0 Å². The van der Waals surface area contributed by atoms with Gasteiger partial charge >= 0.3 is 0 Å². The smallest absolute Gasteiger partial charge is 0.266 e. The van der Waals surface area contributed by atoms with E-state index in [0.29, 0.717) is 10.0 Å². The Morgan fingerprint density at radius 3 is 1.52 bits per heavy atom. The second-order valence-electron chi connectivity index (χ2n) is 5.18. The molecule has 7 nitrogen and oxygen atoms in total. The normalized spacial score (nSPS) is 11.0. The zero-order chi connectivity index (χ0) is 19.5. The molecule has 0 aliphatic rings. The van der Waals surface area contributed by atoms with Crippen molar-refractivity contribution < 1.29 is 14.3 Å². The predicted molar refractivity (Wildman–Crippen MR) is 105 cm³/mol. The summed E-state index contributed by atoms with van der Waals surface area (Å²) in [6.45, 7) is -0.626. The van der Waals surface area contributed by atoms with Crippen LogP contribution >= 0.6 is 23.2 Å². The number of nitrogens with zero attached hydrogens (tertiary/aromatic N) is 2. The highest BCUT2D eigenvalue weighted by Crippen LogP contribution is 2.08. The molecule has 27 heavy (non-hydrogen) atoms. The lowest BCUT2D eigenvalue weighted by molar-refractivity contribution is -0.130. The minimum atomic E-state index is -0.488. The van der Waals surface area contributed by atoms with Crippen LogP contribution in [0.1, 0.15) is 11.1 Å². The van der Waals surface area contributed by atoms with Gasteiger partial charge in [-0.05, 0) is 35.4 Å². The standard InChI is InChI=1S/C18H16Cl2N4O3/c19-15-5-1-13(2-6-15)9-21-23-17(25)11-27-12-18(26)24-22-10-14-3-7-16(20)8-4-14/h1-10H,11-12H2,(H,23,25)(H,24,26)/b21-9+,22-10+. The van der Waals surface area contributed by atoms with E-state index in [0.717, 1.165) is 11.1 Å². The fourth-order valence-electron chi connectivity index (χ4n) is 1.76. The summed E-state index contributed by atoms with van der Waals surface area (Å²) in [7, 11) is 0. The highest BCUT2D eigenvalue weighted by molar-refractivity contribution is 6.30. The Bertz CT molecular complexity index is 752. The minimum Gasteiger partial charge on any atom is -0.362 e. The molecule has 0 atom stereocenters. The third-order valence-electron chi connectivity index (χ3n) is 3.01. The molecule has 9 heteroatoms. The fourth-order valence-corrected chi connectivity index (χ4v) is 2.01. The summed E-state index contributed by atoms with van der Waals surface area (Å²) in [6, 6.07) is 13.9. The molecular weight excluding hydrogens is 391 g/mol. The fraction of sp³-hybridized carbons (Fsp3) is 0.111. The lowest BCUT2D eigenvalue weighted by Crippen LogP contribution is -2.28. The van der Waals surface area contributed by atoms with Crippen molar-refractivity contribution in [2.24, 2.45) is 10.2 Å². The number of hydrogen-bond donors (Lipinski definition) is 2. The molecule has 0 unspecified atom stereocenters. The lowest BCUT2D eigenvalue weighted by atomic mass is 10.2. The van der Waals surface area contributed by atoms with E-state index in [1.165, 1.54) is 12.4 Å². The number of rotatable bonds is 8. The van der Waals surface area contributed by atoms with Crippen LogP contribution in [0, 0.1) is 0 Å². The molecule has 0 saturated heterocycles. The number of benzene rings is 2. The summed E-state index contributed by atoms with van der Waals surface area (Å²) in [5.74, 6) is -0.977. The van der Waals surface area contributed by atoms with Crippen molar-refractivity contribution in [3.63, 3.8) is 0 Å². The number of hydrazone groups is 2. The van der Waals surface area contributed by atoms with Gasteiger partial charge in [0.15, 0.2) is 0 Å². The van der Waals surface area contributed by atoms with Crippen LogP contribution in [0.15, 0.2) is 58.7 Å². The van der Waals surface area contributed by atoms with Crippen LogP contribution in [0.3, 0.4) is 0 Å². The Hall–Kier alpha value is -2.74. The van der Waals surface area contributed by atoms with E-state index in [-0.39, 0.29) is 13.2 Å². The molecule has 2 aromatic carbocycles. The number of carbonyl (C=O) groups is 2. The quantitative estimate of drug-likeness (QED) is 0.521. The summed E-state index contributed by atoms with van der Waals surface area (Å²) < 4.78 is 4.99. The van der Waals surface area contributed by atoms with Gasteiger partial charge in [0.05, 0.1) is 12.4 Å². The average molecular weight is 407 g/mol. The van der Waals surface area contributed by atoms with Gasteiger partial charge < -0.3 is 4.74 Å². The molecule has 2 N–H and O–H groups in total. The first kappa shape index (κ1) is 20.6. The van der Waals surface area contributed by atoms with Gasteiger partial charge in [-0.25, -0.2) is 10.9 Å². The van der Waals surface area contributed by atoms with Crippen LogP contribution in [0.25, 0.3) is 0 Å². The van der Waals surface area contributed by atoms with Gasteiger partial charge in [0.25, 0.3) is 11.8 Å². The Morgan fingerprint density at radius 2 is 1.15 bits per heavy atom. The number of amides is 2. The van der Waals surface area contributed by atoms with Crippen LogP contribution in [-0.2, 0) is 14.3 Å². The van der Waals surface area contributed by atoms with Crippen LogP contribution in [-0.4, -0.2) is 37.5 Å². The maximum Gasteiger partial charge on any atom is 0.266 e. The van der Waals surface area contributed by atoms with Crippen LogP contribution in [0.5, 0.6) is 0 Å². The molecule has 0 aliphatic carbocycles. The number of ether oxygens (including phenoxy) is 1. The molecule has 0 fully saturated rings. The topological polar surface area (TPSA) is 92.2 Å². The maximum atomic E-state index is 11.6. The Morgan fingerprint density at radius 1 is 0.778 bits per heavy atom. The van der Waals surface area contributed by atoms with E-state index in [9.17, 15) is 9.59 Å². The molecule has 0 aromatic heterocycles. The first-order chi connectivity index (χ1) is 13.0. The Kier molecular flexibility index (Phi) is 8.44. The number of hydrogen-bond acceptors (Lipinski definition) is 5. The van der Waals surface area contributed by atoms with Crippen molar-refractivity contribution in [2.75, 3.05) is 13.2 Å². The second-order valence-corrected chi connectivity index (χ2v) is 6.06. The summed E-state index contributed by atoms with van der Waals surface area (Å²) in [6.07, 6.45) is 2.93. The maximum absolute atomic E-state index is 11.6. The third-order valence-corrected chi connectivity index (χ3v) is 3.52. The third kappa shape index (κ3) is 8.46. The van der Waals surface area contributed by atoms with E-state index in [1.807, 2.05) is 0 Å². The van der Waals surface area contributed by atoms with Gasteiger partial charge in [-0.2, -0.15) is 10.2 Å². The van der Waals surface area contributed by atoms with Crippen LogP contribution < -0.4 is 10.9 Å². The molecule has 2 rings (SSSR count). The molecule has 0 radical (unpaired) electrons. The molecule has 0 bridgehead atoms. The lowest BCUT2D eigenvalue weighted by Gasteiger charge is -2.02. The Labute approximate surface area is 166 Å². The molecule has 2 amide bonds. The molecule has 0 aliphatic heterocycles. The molecule has 0 heterocycles. The zero-order valence-corrected chi connectivity index (χ0v) is 15.6. The van der Waals surface area contributed by atoms with Gasteiger partial charge in [-0.3, -0.25) is 9.59 Å². The second kappa shape index (κ2) is 11.1. The van der Waals surface area contributed by atoms with E-state index >= 15 is 0 Å². The predicted octanol–water partition coefficient (Wildman–Crippen LogP) is 2.61. The summed E-state index contributed by atoms with van der Waals surface area (Å²) in [4.78, 5) is 23.1. The van der Waals surface area contributed by atoms with Crippen molar-refractivity contribution in [2.45, 2.75) is 0 Å². The average Bonchev–Trinajstić information content (AvgIpc) is 2.65. The first-order valence-corrected chi connectivity index (χ1v) is 8.51. The van der Waals surface area contributed by atoms with E-state index < -0.39 is 11.8 Å². The highest BCUT2D eigenvalue weighted by atomic mass is 35.5. The number of halogens is 2. The largest absolute Gasteiger partial charge is 0.362 e. The highest BCUT2D eigenvalue weighted by Gasteiger charge is 2.03. The molecule has 0 spiro atoms. The van der Waals surface area contributed by atoms with E-state index in [2.05, 4.69) is 21.1 Å². The molecule has 2 aromatic rings. The monoisotopic (exact) mass is 406 g/mol.